The van der Waals surface area contributed by atoms with E-state index in [1.54, 1.807) is 4.90 Å². The van der Waals surface area contributed by atoms with Crippen molar-refractivity contribution in [1.29, 1.82) is 0 Å². The summed E-state index contributed by atoms with van der Waals surface area (Å²) in [6.07, 6.45) is 1.16. The van der Waals surface area contributed by atoms with Crippen molar-refractivity contribution >= 4 is 33.0 Å². The molecule has 1 aromatic rings. The SMILES string of the molecule is CS(=O)(=O)N1CCN(C(=S)Nc2ccc(F)cc2F)CC1. The fourth-order valence-corrected chi connectivity index (χ4v) is 3.13. The fraction of sp³-hybridized carbons (Fsp3) is 0.417. The Labute approximate surface area is 127 Å². The molecule has 1 aromatic carbocycles. The quantitative estimate of drug-likeness (QED) is 0.824. The maximum atomic E-state index is 13.5. The molecule has 0 radical (unpaired) electrons. The lowest BCUT2D eigenvalue weighted by Gasteiger charge is -2.34. The molecule has 0 spiro atoms. The van der Waals surface area contributed by atoms with E-state index >= 15 is 0 Å². The first-order valence-corrected chi connectivity index (χ1v) is 8.49. The zero-order valence-corrected chi connectivity index (χ0v) is 13.0. The Morgan fingerprint density at radius 3 is 2.38 bits per heavy atom. The van der Waals surface area contributed by atoms with Gasteiger partial charge in [-0.15, -0.1) is 0 Å². The minimum absolute atomic E-state index is 0.0898. The Morgan fingerprint density at radius 2 is 1.86 bits per heavy atom. The van der Waals surface area contributed by atoms with Crippen LogP contribution in [0.2, 0.25) is 0 Å². The van der Waals surface area contributed by atoms with E-state index in [9.17, 15) is 17.2 Å². The van der Waals surface area contributed by atoms with Crippen molar-refractivity contribution in [2.45, 2.75) is 0 Å². The molecule has 9 heteroatoms. The zero-order chi connectivity index (χ0) is 15.6. The van der Waals surface area contributed by atoms with E-state index in [-0.39, 0.29) is 10.8 Å². The number of sulfonamides is 1. The van der Waals surface area contributed by atoms with E-state index < -0.39 is 21.7 Å². The molecule has 0 aliphatic carbocycles. The zero-order valence-electron chi connectivity index (χ0n) is 11.3. The van der Waals surface area contributed by atoms with Gasteiger partial charge >= 0.3 is 0 Å². The van der Waals surface area contributed by atoms with Crippen LogP contribution >= 0.6 is 12.2 Å². The lowest BCUT2D eigenvalue weighted by atomic mass is 10.3. The van der Waals surface area contributed by atoms with Crippen LogP contribution in [0, 0.1) is 11.6 Å². The highest BCUT2D eigenvalue weighted by atomic mass is 32.2. The van der Waals surface area contributed by atoms with Gasteiger partial charge in [0.05, 0.1) is 11.9 Å². The number of piperazine rings is 1. The number of nitrogens with zero attached hydrogens (tertiary/aromatic N) is 2. The summed E-state index contributed by atoms with van der Waals surface area (Å²) in [6, 6.07) is 3.17. The molecule has 2 rings (SSSR count). The van der Waals surface area contributed by atoms with Crippen LogP contribution in [-0.2, 0) is 10.0 Å². The predicted octanol–water partition coefficient (Wildman–Crippen LogP) is 1.24. The Kier molecular flexibility index (Phi) is 4.74. The largest absolute Gasteiger partial charge is 0.346 e. The van der Waals surface area contributed by atoms with Gasteiger partial charge in [0.1, 0.15) is 11.6 Å². The molecule has 21 heavy (non-hydrogen) atoms. The molecule has 0 atom stereocenters. The molecule has 1 aliphatic heterocycles. The van der Waals surface area contributed by atoms with E-state index in [1.165, 1.54) is 10.4 Å². The molecule has 1 saturated heterocycles. The molecule has 0 aromatic heterocycles. The third-order valence-electron chi connectivity index (χ3n) is 3.17. The molecular formula is C12H15F2N3O2S2. The van der Waals surface area contributed by atoms with Crippen molar-refractivity contribution in [2.75, 3.05) is 37.8 Å². The summed E-state index contributed by atoms with van der Waals surface area (Å²) >= 11 is 5.17. The molecule has 1 N–H and O–H groups in total. The van der Waals surface area contributed by atoms with E-state index in [0.29, 0.717) is 26.2 Å². The van der Waals surface area contributed by atoms with Crippen LogP contribution in [0.1, 0.15) is 0 Å². The Hall–Kier alpha value is -1.32. The number of benzene rings is 1. The van der Waals surface area contributed by atoms with Crippen LogP contribution in [-0.4, -0.2) is 55.2 Å². The standard InChI is InChI=1S/C12H15F2N3O2S2/c1-21(18,19)17-6-4-16(5-7-17)12(20)15-11-3-2-9(13)8-10(11)14/h2-3,8H,4-7H2,1H3,(H,15,20). The van der Waals surface area contributed by atoms with Gasteiger partial charge in [0.15, 0.2) is 5.11 Å². The van der Waals surface area contributed by atoms with Crippen molar-refractivity contribution < 1.29 is 17.2 Å². The lowest BCUT2D eigenvalue weighted by Crippen LogP contribution is -2.51. The fourth-order valence-electron chi connectivity index (χ4n) is 2.01. The van der Waals surface area contributed by atoms with E-state index in [1.807, 2.05) is 0 Å². The highest BCUT2D eigenvalue weighted by Crippen LogP contribution is 2.16. The van der Waals surface area contributed by atoms with Gasteiger partial charge in [-0.25, -0.2) is 17.2 Å². The van der Waals surface area contributed by atoms with Gasteiger partial charge in [0, 0.05) is 32.2 Å². The summed E-state index contributed by atoms with van der Waals surface area (Å²) in [7, 11) is -3.20. The molecular weight excluding hydrogens is 320 g/mol. The van der Waals surface area contributed by atoms with E-state index in [4.69, 9.17) is 12.2 Å². The smallest absolute Gasteiger partial charge is 0.211 e. The minimum atomic E-state index is -3.20. The number of hydrogen-bond donors (Lipinski definition) is 1. The van der Waals surface area contributed by atoms with Crippen molar-refractivity contribution in [2.24, 2.45) is 0 Å². The number of thiocarbonyl (C=S) groups is 1. The summed E-state index contributed by atoms with van der Waals surface area (Å²) in [5.41, 5.74) is 0.0898. The molecule has 1 aliphatic rings. The van der Waals surface area contributed by atoms with Crippen LogP contribution in [0.15, 0.2) is 18.2 Å². The maximum Gasteiger partial charge on any atom is 0.211 e. The van der Waals surface area contributed by atoms with Crippen LogP contribution in [0.3, 0.4) is 0 Å². The average Bonchev–Trinajstić information content (AvgIpc) is 2.41. The van der Waals surface area contributed by atoms with Gasteiger partial charge in [-0.3, -0.25) is 0 Å². The third-order valence-corrected chi connectivity index (χ3v) is 4.83. The number of rotatable bonds is 2. The minimum Gasteiger partial charge on any atom is -0.346 e. The molecule has 0 bridgehead atoms. The highest BCUT2D eigenvalue weighted by Gasteiger charge is 2.24. The van der Waals surface area contributed by atoms with Crippen LogP contribution in [0.25, 0.3) is 0 Å². The van der Waals surface area contributed by atoms with E-state index in [0.717, 1.165) is 18.4 Å². The average molecular weight is 335 g/mol. The van der Waals surface area contributed by atoms with Crippen molar-refractivity contribution in [3.63, 3.8) is 0 Å². The van der Waals surface area contributed by atoms with E-state index in [2.05, 4.69) is 5.32 Å². The summed E-state index contributed by atoms with van der Waals surface area (Å²) in [5, 5.41) is 2.99. The first-order valence-electron chi connectivity index (χ1n) is 6.23. The van der Waals surface area contributed by atoms with Crippen LogP contribution in [0.5, 0.6) is 0 Å². The number of anilines is 1. The molecule has 0 amide bonds. The number of halogens is 2. The highest BCUT2D eigenvalue weighted by molar-refractivity contribution is 7.88. The van der Waals surface area contributed by atoms with Crippen molar-refractivity contribution in [1.82, 2.24) is 9.21 Å². The third kappa shape index (κ3) is 4.08. The lowest BCUT2D eigenvalue weighted by molar-refractivity contribution is 0.270. The van der Waals surface area contributed by atoms with Gasteiger partial charge in [0.25, 0.3) is 0 Å². The summed E-state index contributed by atoms with van der Waals surface area (Å²) in [5.74, 6) is -1.39. The van der Waals surface area contributed by atoms with Gasteiger partial charge in [-0.05, 0) is 24.4 Å². The molecule has 0 saturated carbocycles. The van der Waals surface area contributed by atoms with Crippen molar-refractivity contribution in [3.05, 3.63) is 29.8 Å². The first kappa shape index (κ1) is 16.1. The number of hydrogen-bond acceptors (Lipinski definition) is 3. The number of nitrogens with one attached hydrogen (secondary N) is 1. The molecule has 1 fully saturated rings. The molecule has 5 nitrogen and oxygen atoms in total. The van der Waals surface area contributed by atoms with Crippen molar-refractivity contribution in [3.8, 4) is 0 Å². The second-order valence-electron chi connectivity index (χ2n) is 4.70. The molecule has 0 unspecified atom stereocenters. The second kappa shape index (κ2) is 6.20. The Morgan fingerprint density at radius 1 is 1.24 bits per heavy atom. The second-order valence-corrected chi connectivity index (χ2v) is 7.07. The first-order chi connectivity index (χ1) is 9.77. The predicted molar refractivity (Wildman–Crippen MR) is 80.6 cm³/mol. The topological polar surface area (TPSA) is 52.7 Å². The Bertz CT molecular complexity index is 644. The maximum absolute atomic E-state index is 13.5. The normalized spacial score (nSPS) is 16.8. The Balaban J connectivity index is 1.96. The van der Waals surface area contributed by atoms with Gasteiger partial charge in [-0.1, -0.05) is 0 Å². The molecule has 1 heterocycles. The van der Waals surface area contributed by atoms with Gasteiger partial charge < -0.3 is 10.2 Å². The van der Waals surface area contributed by atoms with Crippen LogP contribution in [0.4, 0.5) is 14.5 Å². The summed E-state index contributed by atoms with van der Waals surface area (Å²) < 4.78 is 50.5. The van der Waals surface area contributed by atoms with Crippen LogP contribution < -0.4 is 5.32 Å². The van der Waals surface area contributed by atoms with Gasteiger partial charge in [0.2, 0.25) is 10.0 Å². The molecule has 116 valence electrons. The van der Waals surface area contributed by atoms with Gasteiger partial charge in [-0.2, -0.15) is 4.31 Å². The monoisotopic (exact) mass is 335 g/mol. The summed E-state index contributed by atoms with van der Waals surface area (Å²) in [6.45, 7) is 1.49. The summed E-state index contributed by atoms with van der Waals surface area (Å²) in [4.78, 5) is 1.75.